The van der Waals surface area contributed by atoms with Gasteiger partial charge in [-0.3, -0.25) is 0 Å². The lowest BCUT2D eigenvalue weighted by molar-refractivity contribution is -0.107. The molecule has 0 amide bonds. The van der Waals surface area contributed by atoms with Gasteiger partial charge in [0, 0.05) is 12.0 Å². The van der Waals surface area contributed by atoms with Gasteiger partial charge in [-0.2, -0.15) is 0 Å². The lowest BCUT2D eigenvalue weighted by Crippen LogP contribution is -1.88. The monoisotopic (exact) mass is 139 g/mol. The summed E-state index contributed by atoms with van der Waals surface area (Å²) in [5.41, 5.74) is 1.72. The van der Waals surface area contributed by atoms with E-state index in [0.29, 0.717) is 6.42 Å². The fourth-order valence-corrected chi connectivity index (χ4v) is 0.877. The van der Waals surface area contributed by atoms with Crippen LogP contribution in [-0.4, -0.2) is 11.4 Å². The van der Waals surface area contributed by atoms with Crippen molar-refractivity contribution < 1.29 is 9.32 Å². The third-order valence-corrected chi connectivity index (χ3v) is 1.47. The molecular weight excluding hydrogens is 130 g/mol. The average Bonchev–Trinajstić information content (AvgIpc) is 2.20. The van der Waals surface area contributed by atoms with Crippen molar-refractivity contribution in [3.05, 3.63) is 17.0 Å². The summed E-state index contributed by atoms with van der Waals surface area (Å²) in [6, 6.07) is 0. The van der Waals surface area contributed by atoms with Gasteiger partial charge in [-0.15, -0.1) is 0 Å². The zero-order chi connectivity index (χ0) is 7.56. The van der Waals surface area contributed by atoms with Crippen LogP contribution in [0.5, 0.6) is 0 Å². The Kier molecular flexibility index (Phi) is 1.85. The average molecular weight is 139 g/mol. The Morgan fingerprint density at radius 3 is 2.70 bits per heavy atom. The van der Waals surface area contributed by atoms with Gasteiger partial charge in [0.15, 0.2) is 0 Å². The van der Waals surface area contributed by atoms with Crippen molar-refractivity contribution in [2.75, 3.05) is 0 Å². The van der Waals surface area contributed by atoms with Gasteiger partial charge < -0.3 is 9.32 Å². The molecule has 0 aliphatic rings. The molecule has 3 nitrogen and oxygen atoms in total. The molecule has 0 N–H and O–H groups in total. The maximum atomic E-state index is 10.1. The molecule has 1 heterocycles. The lowest BCUT2D eigenvalue weighted by atomic mass is 10.1. The molecule has 3 heteroatoms. The highest BCUT2D eigenvalue weighted by atomic mass is 16.5. The maximum Gasteiger partial charge on any atom is 0.137 e. The lowest BCUT2D eigenvalue weighted by Gasteiger charge is -1.87. The number of hydrogen-bond donors (Lipinski definition) is 0. The Labute approximate surface area is 59.0 Å². The molecule has 1 rings (SSSR count). The van der Waals surface area contributed by atoms with Crippen molar-refractivity contribution in [1.29, 1.82) is 0 Å². The number of carbonyl (C=O) groups excluding carboxylic acids is 1. The Morgan fingerprint density at radius 1 is 1.60 bits per heavy atom. The molecule has 1 aromatic heterocycles. The third-order valence-electron chi connectivity index (χ3n) is 1.47. The van der Waals surface area contributed by atoms with Gasteiger partial charge in [-0.1, -0.05) is 5.16 Å². The van der Waals surface area contributed by atoms with E-state index in [9.17, 15) is 4.79 Å². The largest absolute Gasteiger partial charge is 0.361 e. The van der Waals surface area contributed by atoms with E-state index in [-0.39, 0.29) is 0 Å². The number of nitrogens with zero attached hydrogens (tertiary/aromatic N) is 1. The minimum Gasteiger partial charge on any atom is -0.361 e. The summed E-state index contributed by atoms with van der Waals surface area (Å²) >= 11 is 0. The van der Waals surface area contributed by atoms with Crippen LogP contribution in [0.4, 0.5) is 0 Å². The van der Waals surface area contributed by atoms with E-state index in [1.54, 1.807) is 6.92 Å². The second-order valence-electron chi connectivity index (χ2n) is 2.17. The van der Waals surface area contributed by atoms with Crippen molar-refractivity contribution in [1.82, 2.24) is 5.16 Å². The number of aryl methyl sites for hydroxylation is 2. The van der Waals surface area contributed by atoms with Gasteiger partial charge in [0.2, 0.25) is 0 Å². The standard InChI is InChI=1S/C7H9NO2/c1-5-7(3-4-9)6(2)10-8-5/h4H,3H2,1-2H3. The smallest absolute Gasteiger partial charge is 0.137 e. The Morgan fingerprint density at radius 2 is 2.30 bits per heavy atom. The summed E-state index contributed by atoms with van der Waals surface area (Å²) in [6.07, 6.45) is 1.26. The Hall–Kier alpha value is -1.12. The van der Waals surface area contributed by atoms with Crippen LogP contribution >= 0.6 is 0 Å². The number of aromatic nitrogens is 1. The van der Waals surface area contributed by atoms with Crippen molar-refractivity contribution in [3.63, 3.8) is 0 Å². The first-order valence-corrected chi connectivity index (χ1v) is 3.11. The highest BCUT2D eigenvalue weighted by Crippen LogP contribution is 2.10. The fourth-order valence-electron chi connectivity index (χ4n) is 0.877. The van der Waals surface area contributed by atoms with E-state index in [1.807, 2.05) is 6.92 Å². The van der Waals surface area contributed by atoms with Crippen LogP contribution in [-0.2, 0) is 11.2 Å². The van der Waals surface area contributed by atoms with E-state index < -0.39 is 0 Å². The summed E-state index contributed by atoms with van der Waals surface area (Å²) in [4.78, 5) is 10.1. The molecule has 0 atom stereocenters. The van der Waals surface area contributed by atoms with Gasteiger partial charge >= 0.3 is 0 Å². The van der Waals surface area contributed by atoms with E-state index in [2.05, 4.69) is 5.16 Å². The van der Waals surface area contributed by atoms with E-state index in [1.165, 1.54) is 0 Å². The summed E-state index contributed by atoms with van der Waals surface area (Å²) in [7, 11) is 0. The fraction of sp³-hybridized carbons (Fsp3) is 0.429. The van der Waals surface area contributed by atoms with Crippen LogP contribution in [0.25, 0.3) is 0 Å². The molecule has 1 aromatic rings. The van der Waals surface area contributed by atoms with Crippen LogP contribution < -0.4 is 0 Å². The molecule has 0 aliphatic carbocycles. The highest BCUT2D eigenvalue weighted by molar-refractivity contribution is 5.55. The van der Waals surface area contributed by atoms with Gasteiger partial charge in [-0.05, 0) is 13.8 Å². The minimum absolute atomic E-state index is 0.404. The Balaban J connectivity index is 2.97. The molecule has 0 aromatic carbocycles. The summed E-state index contributed by atoms with van der Waals surface area (Å²) in [5, 5.41) is 3.70. The summed E-state index contributed by atoms with van der Waals surface area (Å²) < 4.78 is 4.84. The van der Waals surface area contributed by atoms with E-state index in [0.717, 1.165) is 23.3 Å². The first-order chi connectivity index (χ1) is 4.75. The molecular formula is C7H9NO2. The molecule has 0 fully saturated rings. The van der Waals surface area contributed by atoms with Crippen LogP contribution in [0, 0.1) is 13.8 Å². The molecule has 0 aliphatic heterocycles. The van der Waals surface area contributed by atoms with Gasteiger partial charge in [0.25, 0.3) is 0 Å². The Bertz CT molecular complexity index is 220. The molecule has 0 radical (unpaired) electrons. The molecule has 0 saturated carbocycles. The molecule has 0 saturated heterocycles. The van der Waals surface area contributed by atoms with Crippen LogP contribution in [0.15, 0.2) is 4.52 Å². The second kappa shape index (κ2) is 2.64. The number of rotatable bonds is 2. The first-order valence-electron chi connectivity index (χ1n) is 3.11. The molecule has 10 heavy (non-hydrogen) atoms. The first kappa shape index (κ1) is 6.99. The van der Waals surface area contributed by atoms with Crippen LogP contribution in [0.1, 0.15) is 17.0 Å². The second-order valence-corrected chi connectivity index (χ2v) is 2.17. The predicted molar refractivity (Wildman–Crippen MR) is 35.7 cm³/mol. The molecule has 0 unspecified atom stereocenters. The number of hydrogen-bond acceptors (Lipinski definition) is 3. The van der Waals surface area contributed by atoms with Crippen molar-refractivity contribution >= 4 is 6.29 Å². The van der Waals surface area contributed by atoms with E-state index in [4.69, 9.17) is 4.52 Å². The normalized spacial score (nSPS) is 9.80. The topological polar surface area (TPSA) is 43.1 Å². The SMILES string of the molecule is Cc1noc(C)c1CC=O. The predicted octanol–water partition coefficient (Wildman–Crippen LogP) is 1.03. The summed E-state index contributed by atoms with van der Waals surface area (Å²) in [5.74, 6) is 0.740. The number of carbonyl (C=O) groups is 1. The van der Waals surface area contributed by atoms with Crippen molar-refractivity contribution in [2.24, 2.45) is 0 Å². The number of aldehydes is 1. The summed E-state index contributed by atoms with van der Waals surface area (Å²) in [6.45, 7) is 3.63. The maximum absolute atomic E-state index is 10.1. The highest BCUT2D eigenvalue weighted by Gasteiger charge is 2.06. The third kappa shape index (κ3) is 1.07. The van der Waals surface area contributed by atoms with Crippen LogP contribution in [0.3, 0.4) is 0 Å². The zero-order valence-corrected chi connectivity index (χ0v) is 6.05. The van der Waals surface area contributed by atoms with Crippen molar-refractivity contribution in [3.8, 4) is 0 Å². The van der Waals surface area contributed by atoms with E-state index >= 15 is 0 Å². The van der Waals surface area contributed by atoms with Gasteiger partial charge in [0.05, 0.1) is 5.69 Å². The van der Waals surface area contributed by atoms with Crippen LogP contribution in [0.2, 0.25) is 0 Å². The minimum atomic E-state index is 0.404. The molecule has 0 bridgehead atoms. The molecule has 54 valence electrons. The molecule has 0 spiro atoms. The van der Waals surface area contributed by atoms with Gasteiger partial charge in [-0.25, -0.2) is 0 Å². The van der Waals surface area contributed by atoms with Gasteiger partial charge in [0.1, 0.15) is 12.0 Å². The quantitative estimate of drug-likeness (QED) is 0.575. The van der Waals surface area contributed by atoms with Crippen molar-refractivity contribution in [2.45, 2.75) is 20.3 Å². The zero-order valence-electron chi connectivity index (χ0n) is 6.05.